The Morgan fingerprint density at radius 3 is 2.23 bits per heavy atom. The highest BCUT2D eigenvalue weighted by Gasteiger charge is 2.25. The van der Waals surface area contributed by atoms with Gasteiger partial charge in [-0.3, -0.25) is 4.72 Å². The highest BCUT2D eigenvalue weighted by atomic mass is 32.2. The van der Waals surface area contributed by atoms with Gasteiger partial charge in [-0.2, -0.15) is 0 Å². The number of sulfonamides is 1. The molecular weight excluding hydrogens is 334 g/mol. The minimum Gasteiger partial charge on any atom is -0.591 e. The molecule has 0 amide bonds. The van der Waals surface area contributed by atoms with Gasteiger partial charge in [-0.25, -0.2) is 17.2 Å². The van der Waals surface area contributed by atoms with Gasteiger partial charge < -0.3 is 4.55 Å². The molecule has 1 aromatic carbocycles. The Morgan fingerprint density at radius 1 is 1.32 bits per heavy atom. The molecule has 22 heavy (non-hydrogen) atoms. The van der Waals surface area contributed by atoms with Gasteiger partial charge in [0.25, 0.3) is 0 Å². The zero-order chi connectivity index (χ0) is 17.1. The van der Waals surface area contributed by atoms with Gasteiger partial charge in [0.1, 0.15) is 21.8 Å². The zero-order valence-corrected chi connectivity index (χ0v) is 14.3. The van der Waals surface area contributed by atoms with Crippen LogP contribution in [0.2, 0.25) is 0 Å². The molecule has 0 saturated carbocycles. The summed E-state index contributed by atoms with van der Waals surface area (Å²) in [7, 11) is -3.78. The van der Waals surface area contributed by atoms with E-state index in [0.29, 0.717) is 0 Å². The largest absolute Gasteiger partial charge is 0.591 e. The molecule has 0 aromatic heterocycles. The topological polar surface area (TPSA) is 81.6 Å². The first-order chi connectivity index (χ1) is 9.90. The van der Waals surface area contributed by atoms with E-state index in [1.807, 2.05) is 0 Å². The van der Waals surface area contributed by atoms with Crippen molar-refractivity contribution in [2.45, 2.75) is 31.9 Å². The van der Waals surface area contributed by atoms with E-state index >= 15 is 0 Å². The van der Waals surface area contributed by atoms with E-state index in [-0.39, 0.29) is 12.0 Å². The minimum atomic E-state index is -3.78. The maximum atomic E-state index is 13.7. The second-order valence-corrected chi connectivity index (χ2v) is 9.34. The fourth-order valence-electron chi connectivity index (χ4n) is 1.39. The molecule has 0 saturated heterocycles. The van der Waals surface area contributed by atoms with Gasteiger partial charge in [0.15, 0.2) is 11.6 Å². The van der Waals surface area contributed by atoms with Gasteiger partial charge in [-0.1, -0.05) is 4.40 Å². The lowest BCUT2D eigenvalue weighted by atomic mass is 10.1. The maximum absolute atomic E-state index is 13.7. The molecule has 0 radical (unpaired) electrons. The standard InChI is InChI=1S/C13H18F2N2O3S2/c1-13(2,3)21(18)16-6-5-9-7-10(14)12(11(15)8-9)17-22(4,19)20/h6-8,17H,5H2,1-4H3. The molecule has 1 aromatic rings. The van der Waals surface area contributed by atoms with Crippen molar-refractivity contribution in [3.63, 3.8) is 0 Å². The Hall–Kier alpha value is -1.19. The third kappa shape index (κ3) is 5.90. The summed E-state index contributed by atoms with van der Waals surface area (Å²) in [6.07, 6.45) is 2.20. The normalized spacial score (nSPS) is 14.3. The first kappa shape index (κ1) is 18.9. The molecule has 1 N–H and O–H groups in total. The summed E-state index contributed by atoms with van der Waals surface area (Å²) in [4.78, 5) is 0. The van der Waals surface area contributed by atoms with Crippen LogP contribution in [-0.4, -0.2) is 30.2 Å². The highest BCUT2D eigenvalue weighted by molar-refractivity contribution is 7.92. The van der Waals surface area contributed by atoms with E-state index in [4.69, 9.17) is 0 Å². The lowest BCUT2D eigenvalue weighted by Crippen LogP contribution is -2.25. The number of rotatable bonds is 5. The van der Waals surface area contributed by atoms with Crippen molar-refractivity contribution in [1.29, 1.82) is 0 Å². The first-order valence-electron chi connectivity index (χ1n) is 6.30. The molecule has 1 atom stereocenters. The van der Waals surface area contributed by atoms with E-state index in [1.54, 1.807) is 25.5 Å². The van der Waals surface area contributed by atoms with E-state index < -0.39 is 43.5 Å². The molecule has 0 spiro atoms. The van der Waals surface area contributed by atoms with Crippen LogP contribution < -0.4 is 4.72 Å². The number of anilines is 1. The molecule has 9 heteroatoms. The number of nitrogens with zero attached hydrogens (tertiary/aromatic N) is 1. The average molecular weight is 352 g/mol. The van der Waals surface area contributed by atoms with Crippen LogP contribution in [0.5, 0.6) is 0 Å². The molecule has 0 heterocycles. The quantitative estimate of drug-likeness (QED) is 0.653. The molecule has 0 aliphatic heterocycles. The fourth-order valence-corrected chi connectivity index (χ4v) is 2.49. The van der Waals surface area contributed by atoms with Gasteiger partial charge in [-0.15, -0.1) is 0 Å². The van der Waals surface area contributed by atoms with E-state index in [2.05, 4.69) is 4.40 Å². The average Bonchev–Trinajstić information content (AvgIpc) is 2.31. The van der Waals surface area contributed by atoms with Crippen LogP contribution >= 0.6 is 0 Å². The molecule has 0 aliphatic carbocycles. The van der Waals surface area contributed by atoms with E-state index in [0.717, 1.165) is 18.4 Å². The Kier molecular flexibility index (Phi) is 5.94. The van der Waals surface area contributed by atoms with Crippen LogP contribution in [0, 0.1) is 11.6 Å². The highest BCUT2D eigenvalue weighted by Crippen LogP contribution is 2.22. The minimum absolute atomic E-state index is 0.0782. The van der Waals surface area contributed by atoms with Crippen LogP contribution in [0.1, 0.15) is 26.3 Å². The first-order valence-corrected chi connectivity index (χ1v) is 9.30. The van der Waals surface area contributed by atoms with Crippen molar-refractivity contribution < 1.29 is 21.8 Å². The monoisotopic (exact) mass is 352 g/mol. The smallest absolute Gasteiger partial charge is 0.230 e. The number of halogens is 2. The molecule has 0 bridgehead atoms. The second kappa shape index (κ2) is 6.93. The van der Waals surface area contributed by atoms with E-state index in [9.17, 15) is 21.8 Å². The lowest BCUT2D eigenvalue weighted by molar-refractivity contribution is 0.561. The second-order valence-electron chi connectivity index (χ2n) is 5.66. The van der Waals surface area contributed by atoms with Gasteiger partial charge in [0.05, 0.1) is 12.5 Å². The maximum Gasteiger partial charge on any atom is 0.230 e. The van der Waals surface area contributed by atoms with Crippen LogP contribution in [-0.2, 0) is 27.8 Å². The van der Waals surface area contributed by atoms with Crippen LogP contribution in [0.4, 0.5) is 14.5 Å². The molecule has 0 fully saturated rings. The summed E-state index contributed by atoms with van der Waals surface area (Å²) >= 11 is -1.45. The predicted octanol–water partition coefficient (Wildman–Crippen LogP) is 2.41. The van der Waals surface area contributed by atoms with Crippen LogP contribution in [0.25, 0.3) is 0 Å². The van der Waals surface area contributed by atoms with Gasteiger partial charge in [-0.05, 0) is 38.5 Å². The Labute approximate surface area is 132 Å². The number of nitrogens with one attached hydrogen (secondary N) is 1. The predicted molar refractivity (Wildman–Crippen MR) is 84.9 cm³/mol. The Bertz CT molecular complexity index is 647. The summed E-state index contributed by atoms with van der Waals surface area (Å²) in [5.74, 6) is -2.04. The van der Waals surface area contributed by atoms with Crippen molar-refractivity contribution in [1.82, 2.24) is 0 Å². The lowest BCUT2D eigenvalue weighted by Gasteiger charge is -2.17. The van der Waals surface area contributed by atoms with Crippen molar-refractivity contribution in [2.24, 2.45) is 4.40 Å². The molecule has 5 nitrogen and oxygen atoms in total. The number of benzene rings is 1. The summed E-state index contributed by atoms with van der Waals surface area (Å²) in [6, 6.07) is 2.01. The van der Waals surface area contributed by atoms with Crippen molar-refractivity contribution >= 4 is 33.3 Å². The van der Waals surface area contributed by atoms with E-state index in [1.165, 1.54) is 6.21 Å². The zero-order valence-electron chi connectivity index (χ0n) is 12.7. The summed E-state index contributed by atoms with van der Waals surface area (Å²) in [6.45, 7) is 5.27. The van der Waals surface area contributed by atoms with Gasteiger partial charge >= 0.3 is 0 Å². The summed E-state index contributed by atoms with van der Waals surface area (Å²) in [5.41, 5.74) is -0.467. The van der Waals surface area contributed by atoms with Crippen molar-refractivity contribution in [3.05, 3.63) is 29.3 Å². The third-order valence-electron chi connectivity index (χ3n) is 2.41. The summed E-state index contributed by atoms with van der Waals surface area (Å²) < 4.78 is 66.3. The molecule has 124 valence electrons. The number of hydrogen-bond donors (Lipinski definition) is 1. The Morgan fingerprint density at radius 2 is 1.82 bits per heavy atom. The number of hydrogen-bond acceptors (Lipinski definition) is 4. The van der Waals surface area contributed by atoms with Crippen molar-refractivity contribution in [2.75, 3.05) is 11.0 Å². The van der Waals surface area contributed by atoms with Gasteiger partial charge in [0, 0.05) is 6.42 Å². The molecule has 1 unspecified atom stereocenters. The van der Waals surface area contributed by atoms with Gasteiger partial charge in [0.2, 0.25) is 10.0 Å². The summed E-state index contributed by atoms with van der Waals surface area (Å²) in [5, 5.41) is 0. The van der Waals surface area contributed by atoms with Crippen molar-refractivity contribution in [3.8, 4) is 0 Å². The van der Waals surface area contributed by atoms with Crippen LogP contribution in [0.3, 0.4) is 0 Å². The Balaban J connectivity index is 2.90. The molecular formula is C13H18F2N2O3S2. The fraction of sp³-hybridized carbons (Fsp3) is 0.462. The third-order valence-corrected chi connectivity index (χ3v) is 4.37. The molecule has 0 aliphatic rings. The van der Waals surface area contributed by atoms with Crippen LogP contribution in [0.15, 0.2) is 16.5 Å². The molecule has 1 rings (SSSR count). The SMILES string of the molecule is CC(C)(C)[S+]([O-])N=CCc1cc(F)c(NS(C)(=O)=O)c(F)c1.